The number of hydrogen-bond acceptors (Lipinski definition) is 4. The average molecular weight is 322 g/mol. The number of hydrogen-bond donors (Lipinski definition) is 1. The molecule has 0 fully saturated rings. The third kappa shape index (κ3) is 7.35. The summed E-state index contributed by atoms with van der Waals surface area (Å²) in [5.74, 6) is 0.710. The first-order valence-electron chi connectivity index (χ1n) is 8.09. The molecule has 1 aromatic heterocycles. The van der Waals surface area contributed by atoms with E-state index in [1.165, 1.54) is 0 Å². The van der Waals surface area contributed by atoms with Crippen molar-refractivity contribution in [3.05, 3.63) is 24.0 Å². The Kier molecular flexibility index (Phi) is 6.42. The molecule has 1 aromatic rings. The Morgan fingerprint density at radius 2 is 1.87 bits per heavy atom. The van der Waals surface area contributed by atoms with Crippen LogP contribution in [0.1, 0.15) is 60.5 Å². The van der Waals surface area contributed by atoms with Gasteiger partial charge in [0.15, 0.2) is 0 Å². The topological polar surface area (TPSA) is 60.5 Å². The van der Waals surface area contributed by atoms with Crippen LogP contribution in [0.15, 0.2) is 18.5 Å². The van der Waals surface area contributed by atoms with Crippen LogP contribution in [-0.2, 0) is 10.2 Å². The monoisotopic (exact) mass is 322 g/mol. The van der Waals surface area contributed by atoms with Crippen molar-refractivity contribution < 1.29 is 14.3 Å². The number of alkyl carbamates (subject to hydrolysis) is 1. The largest absolute Gasteiger partial charge is 0.490 e. The summed E-state index contributed by atoms with van der Waals surface area (Å²) >= 11 is 0. The molecule has 0 unspecified atom stereocenters. The first kappa shape index (κ1) is 19.3. The van der Waals surface area contributed by atoms with Gasteiger partial charge in [0.05, 0.1) is 12.2 Å². The molecule has 1 atom stereocenters. The van der Waals surface area contributed by atoms with Gasteiger partial charge in [-0.05, 0) is 44.2 Å². The minimum absolute atomic E-state index is 0.0191. The molecule has 5 nitrogen and oxygen atoms in total. The lowest BCUT2D eigenvalue weighted by Crippen LogP contribution is -2.41. The number of aromatic nitrogens is 1. The van der Waals surface area contributed by atoms with Crippen molar-refractivity contribution in [3.8, 4) is 5.75 Å². The van der Waals surface area contributed by atoms with Crippen LogP contribution in [-0.4, -0.2) is 29.3 Å². The summed E-state index contributed by atoms with van der Waals surface area (Å²) in [6.07, 6.45) is 3.87. The fraction of sp³-hybridized carbons (Fsp3) is 0.667. The number of carbonyl (C=O) groups is 1. The third-order valence-corrected chi connectivity index (χ3v) is 3.24. The lowest BCUT2D eigenvalue weighted by molar-refractivity contribution is 0.0486. The molecule has 0 aliphatic carbocycles. The van der Waals surface area contributed by atoms with Crippen LogP contribution in [0, 0.1) is 0 Å². The fourth-order valence-corrected chi connectivity index (χ4v) is 1.84. The highest BCUT2D eigenvalue weighted by molar-refractivity contribution is 5.68. The van der Waals surface area contributed by atoms with Gasteiger partial charge in [-0.25, -0.2) is 4.79 Å². The van der Waals surface area contributed by atoms with Crippen molar-refractivity contribution in [3.63, 3.8) is 0 Å². The van der Waals surface area contributed by atoms with Crippen LogP contribution in [0.2, 0.25) is 0 Å². The van der Waals surface area contributed by atoms with Crippen LogP contribution >= 0.6 is 0 Å². The maximum Gasteiger partial charge on any atom is 0.407 e. The second kappa shape index (κ2) is 7.66. The van der Waals surface area contributed by atoms with Gasteiger partial charge in [-0.3, -0.25) is 4.98 Å². The van der Waals surface area contributed by atoms with E-state index in [2.05, 4.69) is 31.1 Å². The predicted octanol–water partition coefficient (Wildman–Crippen LogP) is 4.06. The van der Waals surface area contributed by atoms with Crippen LogP contribution < -0.4 is 10.1 Å². The van der Waals surface area contributed by atoms with Gasteiger partial charge in [-0.15, -0.1) is 0 Å². The van der Waals surface area contributed by atoms with E-state index in [4.69, 9.17) is 9.47 Å². The van der Waals surface area contributed by atoms with E-state index < -0.39 is 11.7 Å². The van der Waals surface area contributed by atoms with Gasteiger partial charge in [0.1, 0.15) is 18.0 Å². The summed E-state index contributed by atoms with van der Waals surface area (Å²) in [4.78, 5) is 16.1. The van der Waals surface area contributed by atoms with E-state index in [1.807, 2.05) is 40.0 Å². The number of carbonyl (C=O) groups excluding carboxylic acids is 1. The van der Waals surface area contributed by atoms with Gasteiger partial charge in [0.25, 0.3) is 0 Å². The van der Waals surface area contributed by atoms with Gasteiger partial charge in [-0.1, -0.05) is 27.7 Å². The minimum Gasteiger partial charge on any atom is -0.490 e. The SMILES string of the molecule is CC[C@@H](COc1cncc(C(C)(C)C)c1)NC(=O)OC(C)(C)C. The number of pyridine rings is 1. The molecule has 1 heterocycles. The summed E-state index contributed by atoms with van der Waals surface area (Å²) in [5, 5.41) is 2.83. The number of ether oxygens (including phenoxy) is 2. The van der Waals surface area contributed by atoms with Gasteiger partial charge in [-0.2, -0.15) is 0 Å². The predicted molar refractivity (Wildman–Crippen MR) is 91.9 cm³/mol. The summed E-state index contributed by atoms with van der Waals surface area (Å²) in [7, 11) is 0. The molecular formula is C18H30N2O3. The lowest BCUT2D eigenvalue weighted by atomic mass is 9.88. The van der Waals surface area contributed by atoms with E-state index in [0.717, 1.165) is 12.0 Å². The second-order valence-electron chi connectivity index (χ2n) is 7.72. The highest BCUT2D eigenvalue weighted by Gasteiger charge is 2.19. The number of rotatable bonds is 5. The van der Waals surface area contributed by atoms with E-state index in [0.29, 0.717) is 12.4 Å². The normalized spacial score (nSPS) is 13.3. The van der Waals surface area contributed by atoms with Crippen molar-refractivity contribution in [1.29, 1.82) is 0 Å². The molecule has 1 amide bonds. The van der Waals surface area contributed by atoms with E-state index in [9.17, 15) is 4.79 Å². The third-order valence-electron chi connectivity index (χ3n) is 3.24. The van der Waals surface area contributed by atoms with Crippen LogP contribution in [0.4, 0.5) is 4.79 Å². The van der Waals surface area contributed by atoms with Crippen molar-refractivity contribution in [2.75, 3.05) is 6.61 Å². The molecule has 0 aromatic carbocycles. The van der Waals surface area contributed by atoms with Crippen molar-refractivity contribution >= 4 is 6.09 Å². The van der Waals surface area contributed by atoms with Gasteiger partial charge in [0, 0.05) is 6.20 Å². The molecule has 130 valence electrons. The van der Waals surface area contributed by atoms with Crippen molar-refractivity contribution in [1.82, 2.24) is 10.3 Å². The van der Waals surface area contributed by atoms with E-state index in [1.54, 1.807) is 6.20 Å². The fourth-order valence-electron chi connectivity index (χ4n) is 1.84. The Labute approximate surface area is 139 Å². The van der Waals surface area contributed by atoms with Gasteiger partial charge < -0.3 is 14.8 Å². The molecule has 0 aliphatic rings. The number of amides is 1. The molecule has 0 saturated carbocycles. The molecule has 0 radical (unpaired) electrons. The van der Waals surface area contributed by atoms with Crippen molar-refractivity contribution in [2.45, 2.75) is 71.9 Å². The Morgan fingerprint density at radius 1 is 1.22 bits per heavy atom. The summed E-state index contributed by atoms with van der Waals surface area (Å²) < 4.78 is 11.1. The highest BCUT2D eigenvalue weighted by Crippen LogP contribution is 2.24. The zero-order valence-corrected chi connectivity index (χ0v) is 15.4. The molecule has 0 aliphatic heterocycles. The Hall–Kier alpha value is -1.78. The standard InChI is InChI=1S/C18H30N2O3/c1-8-14(20-16(21)23-18(5,6)7)12-22-15-9-13(10-19-11-15)17(2,3)4/h9-11,14H,8,12H2,1-7H3,(H,20,21)/t14-/m0/s1. The molecule has 0 saturated heterocycles. The zero-order chi connectivity index (χ0) is 17.7. The smallest absolute Gasteiger partial charge is 0.407 e. The molecule has 1 rings (SSSR count). The van der Waals surface area contributed by atoms with E-state index >= 15 is 0 Å². The summed E-state index contributed by atoms with van der Waals surface area (Å²) in [5.41, 5.74) is 0.627. The zero-order valence-electron chi connectivity index (χ0n) is 15.4. The molecular weight excluding hydrogens is 292 g/mol. The second-order valence-corrected chi connectivity index (χ2v) is 7.72. The lowest BCUT2D eigenvalue weighted by Gasteiger charge is -2.23. The Morgan fingerprint density at radius 3 is 2.39 bits per heavy atom. The molecule has 0 spiro atoms. The Balaban J connectivity index is 2.60. The highest BCUT2D eigenvalue weighted by atomic mass is 16.6. The molecule has 23 heavy (non-hydrogen) atoms. The number of nitrogens with one attached hydrogen (secondary N) is 1. The summed E-state index contributed by atoms with van der Waals surface area (Å²) in [6.45, 7) is 14.3. The van der Waals surface area contributed by atoms with Crippen LogP contribution in [0.3, 0.4) is 0 Å². The molecule has 1 N–H and O–H groups in total. The van der Waals surface area contributed by atoms with Crippen LogP contribution in [0.25, 0.3) is 0 Å². The minimum atomic E-state index is -0.506. The maximum atomic E-state index is 11.8. The first-order valence-corrected chi connectivity index (χ1v) is 8.09. The van der Waals surface area contributed by atoms with Gasteiger partial charge >= 0.3 is 6.09 Å². The first-order chi connectivity index (χ1) is 10.5. The van der Waals surface area contributed by atoms with E-state index in [-0.39, 0.29) is 11.5 Å². The summed E-state index contributed by atoms with van der Waals surface area (Å²) in [6, 6.07) is 1.89. The Bertz CT molecular complexity index is 516. The van der Waals surface area contributed by atoms with Gasteiger partial charge in [0.2, 0.25) is 0 Å². The molecule has 0 bridgehead atoms. The quantitative estimate of drug-likeness (QED) is 0.888. The average Bonchev–Trinajstić information content (AvgIpc) is 2.40. The van der Waals surface area contributed by atoms with Crippen LogP contribution in [0.5, 0.6) is 5.75 Å². The van der Waals surface area contributed by atoms with Crippen molar-refractivity contribution in [2.24, 2.45) is 0 Å². The number of nitrogens with zero attached hydrogens (tertiary/aromatic N) is 1. The maximum absolute atomic E-state index is 11.8. The molecule has 5 heteroatoms.